The number of halogens is 2. The highest BCUT2D eigenvalue weighted by molar-refractivity contribution is 6.31. The van der Waals surface area contributed by atoms with E-state index in [9.17, 15) is 14.0 Å². The van der Waals surface area contributed by atoms with Crippen LogP contribution in [0.4, 0.5) is 4.39 Å². The number of likely N-dealkylation sites (tertiary alicyclic amines) is 1. The van der Waals surface area contributed by atoms with Crippen molar-refractivity contribution < 1.29 is 9.18 Å². The van der Waals surface area contributed by atoms with Gasteiger partial charge in [-0.3, -0.25) is 14.2 Å². The Morgan fingerprint density at radius 1 is 1.25 bits per heavy atom. The Morgan fingerprint density at radius 2 is 2.00 bits per heavy atom. The fourth-order valence-electron chi connectivity index (χ4n) is 3.66. The van der Waals surface area contributed by atoms with Gasteiger partial charge >= 0.3 is 0 Å². The summed E-state index contributed by atoms with van der Waals surface area (Å²) in [5, 5.41) is 0.393. The van der Waals surface area contributed by atoms with E-state index in [1.165, 1.54) is 23.0 Å². The molecule has 0 N–H and O–H groups in total. The van der Waals surface area contributed by atoms with E-state index < -0.39 is 5.82 Å². The molecule has 1 aromatic carbocycles. The van der Waals surface area contributed by atoms with Gasteiger partial charge in [0.25, 0.3) is 5.56 Å². The predicted octanol–water partition coefficient (Wildman–Crippen LogP) is 3.30. The van der Waals surface area contributed by atoms with E-state index in [0.717, 1.165) is 25.9 Å². The maximum absolute atomic E-state index is 13.6. The molecule has 1 saturated heterocycles. The standard InChI is InChI=1S/C20H20ClFN4O2/c1-2-24-10-14(13-5-6-16(22)15(21)9-13)18-19(24)23-12-26(20(18)28)11-17(27)25-7-3-4-8-25/h5-6,9-10,12H,2-4,7-8,11H2,1H3. The Balaban J connectivity index is 1.82. The number of nitrogens with zero attached hydrogens (tertiary/aromatic N) is 4. The van der Waals surface area contributed by atoms with Gasteiger partial charge in [0.05, 0.1) is 10.4 Å². The number of rotatable bonds is 4. The lowest BCUT2D eigenvalue weighted by molar-refractivity contribution is -0.130. The highest BCUT2D eigenvalue weighted by Gasteiger charge is 2.21. The zero-order valence-electron chi connectivity index (χ0n) is 15.5. The van der Waals surface area contributed by atoms with Gasteiger partial charge in [-0.1, -0.05) is 17.7 Å². The first-order valence-electron chi connectivity index (χ1n) is 9.31. The van der Waals surface area contributed by atoms with Crippen molar-refractivity contribution in [2.45, 2.75) is 32.9 Å². The Bertz CT molecular complexity index is 1120. The summed E-state index contributed by atoms with van der Waals surface area (Å²) in [6.45, 7) is 3.99. The molecule has 0 saturated carbocycles. The molecule has 0 radical (unpaired) electrons. The first kappa shape index (κ1) is 18.7. The minimum Gasteiger partial charge on any atom is -0.341 e. The lowest BCUT2D eigenvalue weighted by Gasteiger charge is -2.15. The van der Waals surface area contributed by atoms with Crippen LogP contribution in [0, 0.1) is 5.82 Å². The van der Waals surface area contributed by atoms with Crippen LogP contribution in [0.15, 0.2) is 35.5 Å². The summed E-state index contributed by atoms with van der Waals surface area (Å²) >= 11 is 5.94. The molecule has 1 aliphatic rings. The summed E-state index contributed by atoms with van der Waals surface area (Å²) in [5.74, 6) is -0.599. The van der Waals surface area contributed by atoms with E-state index in [-0.39, 0.29) is 23.0 Å². The van der Waals surface area contributed by atoms with Gasteiger partial charge in [0, 0.05) is 31.4 Å². The molecule has 3 aromatic rings. The number of aromatic nitrogens is 3. The van der Waals surface area contributed by atoms with E-state index in [4.69, 9.17) is 11.6 Å². The minimum atomic E-state index is -0.517. The second kappa shape index (κ2) is 7.39. The molecule has 0 spiro atoms. The highest BCUT2D eigenvalue weighted by Crippen LogP contribution is 2.30. The second-order valence-electron chi connectivity index (χ2n) is 6.92. The Hall–Kier alpha value is -2.67. The van der Waals surface area contributed by atoms with Crippen molar-refractivity contribution in [1.82, 2.24) is 19.0 Å². The molecule has 0 unspecified atom stereocenters. The van der Waals surface area contributed by atoms with E-state index in [1.54, 1.807) is 11.0 Å². The van der Waals surface area contributed by atoms with Crippen molar-refractivity contribution in [1.29, 1.82) is 0 Å². The molecule has 0 atom stereocenters. The van der Waals surface area contributed by atoms with Gasteiger partial charge in [-0.15, -0.1) is 0 Å². The number of hydrogen-bond acceptors (Lipinski definition) is 3. The Kier molecular flexibility index (Phi) is 4.93. The van der Waals surface area contributed by atoms with Gasteiger partial charge in [-0.05, 0) is 37.5 Å². The zero-order chi connectivity index (χ0) is 19.8. The first-order valence-corrected chi connectivity index (χ1v) is 9.69. The number of amides is 1. The van der Waals surface area contributed by atoms with E-state index in [1.807, 2.05) is 17.7 Å². The summed E-state index contributed by atoms with van der Waals surface area (Å²) in [4.78, 5) is 31.9. The van der Waals surface area contributed by atoms with E-state index in [0.29, 0.717) is 28.7 Å². The van der Waals surface area contributed by atoms with E-state index in [2.05, 4.69) is 4.98 Å². The van der Waals surface area contributed by atoms with Gasteiger partial charge in [-0.2, -0.15) is 0 Å². The molecular formula is C20H20ClFN4O2. The minimum absolute atomic E-state index is 0.0108. The molecule has 0 bridgehead atoms. The maximum atomic E-state index is 13.6. The predicted molar refractivity (Wildman–Crippen MR) is 106 cm³/mol. The van der Waals surface area contributed by atoms with Gasteiger partial charge in [0.15, 0.2) is 0 Å². The van der Waals surface area contributed by atoms with Crippen LogP contribution in [0.3, 0.4) is 0 Å². The van der Waals surface area contributed by atoms with Gasteiger partial charge in [-0.25, -0.2) is 9.37 Å². The first-order chi connectivity index (χ1) is 13.5. The zero-order valence-corrected chi connectivity index (χ0v) is 16.2. The maximum Gasteiger partial charge on any atom is 0.263 e. The van der Waals surface area contributed by atoms with Crippen molar-refractivity contribution in [2.24, 2.45) is 0 Å². The van der Waals surface area contributed by atoms with Crippen molar-refractivity contribution in [3.05, 3.63) is 51.9 Å². The monoisotopic (exact) mass is 402 g/mol. The summed E-state index contributed by atoms with van der Waals surface area (Å²) in [5.41, 5.74) is 1.50. The average molecular weight is 403 g/mol. The molecule has 28 heavy (non-hydrogen) atoms. The van der Waals surface area contributed by atoms with Crippen molar-refractivity contribution in [3.63, 3.8) is 0 Å². The van der Waals surface area contributed by atoms with Crippen LogP contribution < -0.4 is 5.56 Å². The van der Waals surface area contributed by atoms with Crippen molar-refractivity contribution >= 4 is 28.5 Å². The third-order valence-corrected chi connectivity index (χ3v) is 5.47. The second-order valence-corrected chi connectivity index (χ2v) is 7.33. The SMILES string of the molecule is CCn1cc(-c2ccc(F)c(Cl)c2)c2c(=O)n(CC(=O)N3CCCC3)cnc21. The molecule has 6 nitrogen and oxygen atoms in total. The summed E-state index contributed by atoms with van der Waals surface area (Å²) in [6, 6.07) is 4.36. The smallest absolute Gasteiger partial charge is 0.263 e. The molecule has 1 fully saturated rings. The topological polar surface area (TPSA) is 60.1 Å². The van der Waals surface area contributed by atoms with Crippen LogP contribution >= 0.6 is 11.6 Å². The van der Waals surface area contributed by atoms with Crippen LogP contribution in [0.2, 0.25) is 5.02 Å². The van der Waals surface area contributed by atoms with Gasteiger partial charge in [0.2, 0.25) is 5.91 Å². The molecule has 4 rings (SSSR count). The number of carbonyl (C=O) groups excluding carboxylic acids is 1. The molecule has 1 amide bonds. The molecular weight excluding hydrogens is 383 g/mol. The molecule has 1 aliphatic heterocycles. The van der Waals surface area contributed by atoms with E-state index >= 15 is 0 Å². The normalized spacial score (nSPS) is 14.2. The average Bonchev–Trinajstić information content (AvgIpc) is 3.34. The van der Waals surface area contributed by atoms with Crippen molar-refractivity contribution in [3.8, 4) is 11.1 Å². The molecule has 8 heteroatoms. The molecule has 3 heterocycles. The third-order valence-electron chi connectivity index (χ3n) is 5.18. The summed E-state index contributed by atoms with van der Waals surface area (Å²) < 4.78 is 16.8. The quantitative estimate of drug-likeness (QED) is 0.672. The highest BCUT2D eigenvalue weighted by atomic mass is 35.5. The van der Waals surface area contributed by atoms with Crippen LogP contribution in [0.25, 0.3) is 22.2 Å². The Labute approximate surface area is 166 Å². The molecule has 2 aromatic heterocycles. The number of aryl methyl sites for hydroxylation is 1. The largest absolute Gasteiger partial charge is 0.341 e. The van der Waals surface area contributed by atoms with Gasteiger partial charge < -0.3 is 9.47 Å². The number of benzene rings is 1. The lowest BCUT2D eigenvalue weighted by Crippen LogP contribution is -2.34. The number of hydrogen-bond donors (Lipinski definition) is 0. The molecule has 0 aliphatic carbocycles. The van der Waals surface area contributed by atoms with Crippen molar-refractivity contribution in [2.75, 3.05) is 13.1 Å². The third kappa shape index (κ3) is 3.20. The van der Waals surface area contributed by atoms with Gasteiger partial charge in [0.1, 0.15) is 24.3 Å². The summed E-state index contributed by atoms with van der Waals surface area (Å²) in [7, 11) is 0. The van der Waals surface area contributed by atoms with Crippen LogP contribution in [0.5, 0.6) is 0 Å². The summed E-state index contributed by atoms with van der Waals surface area (Å²) in [6.07, 6.45) is 5.22. The lowest BCUT2D eigenvalue weighted by atomic mass is 10.1. The van der Waals surface area contributed by atoms with Crippen LogP contribution in [0.1, 0.15) is 19.8 Å². The van der Waals surface area contributed by atoms with Crippen LogP contribution in [-0.2, 0) is 17.9 Å². The van der Waals surface area contributed by atoms with Crippen LogP contribution in [-0.4, -0.2) is 38.0 Å². The number of carbonyl (C=O) groups is 1. The Morgan fingerprint density at radius 3 is 2.68 bits per heavy atom. The fraction of sp³-hybridized carbons (Fsp3) is 0.350. The fourth-order valence-corrected chi connectivity index (χ4v) is 3.84. The molecule has 146 valence electrons. The number of fused-ring (bicyclic) bond motifs is 1.